The molecular formula is C18H21ClFN3OS. The maximum Gasteiger partial charge on any atom is 0.273 e. The number of nitrogens with two attached hydrogens (primary N) is 1. The highest BCUT2D eigenvalue weighted by atomic mass is 35.5. The number of hydrogen-bond acceptors (Lipinski definition) is 4. The number of likely N-dealkylation sites (tertiary alicyclic amines) is 1. The summed E-state index contributed by atoms with van der Waals surface area (Å²) in [5.74, 6) is 0.723. The summed E-state index contributed by atoms with van der Waals surface area (Å²) in [6, 6.07) is 6.90. The molecule has 2 N–H and O–H groups in total. The molecule has 1 saturated heterocycles. The van der Waals surface area contributed by atoms with Crippen LogP contribution in [0.25, 0.3) is 0 Å². The SMILES string of the molecule is Cl.NC1CCC2CN(C(=O)c3csc(Cc4ccccc4F)n3)CC12. The van der Waals surface area contributed by atoms with E-state index in [4.69, 9.17) is 5.73 Å². The number of hydrogen-bond donors (Lipinski definition) is 1. The lowest BCUT2D eigenvalue weighted by atomic mass is 9.98. The second kappa shape index (κ2) is 7.40. The average Bonchev–Trinajstić information content (AvgIpc) is 3.27. The second-order valence-corrected chi connectivity index (χ2v) is 7.71. The van der Waals surface area contributed by atoms with Crippen LogP contribution < -0.4 is 5.73 Å². The lowest BCUT2D eigenvalue weighted by Crippen LogP contribution is -2.33. The van der Waals surface area contributed by atoms with Gasteiger partial charge in [0.2, 0.25) is 0 Å². The number of aromatic nitrogens is 1. The molecule has 1 aliphatic heterocycles. The number of rotatable bonds is 3. The number of carbonyl (C=O) groups excluding carboxylic acids is 1. The summed E-state index contributed by atoms with van der Waals surface area (Å²) < 4.78 is 13.7. The summed E-state index contributed by atoms with van der Waals surface area (Å²) in [5, 5.41) is 2.55. The molecule has 1 aromatic heterocycles. The Balaban J connectivity index is 0.00000182. The number of thiazole rings is 1. The highest BCUT2D eigenvalue weighted by molar-refractivity contribution is 7.09. The van der Waals surface area contributed by atoms with Gasteiger partial charge in [-0.3, -0.25) is 4.79 Å². The molecule has 2 aliphatic rings. The number of nitrogens with zero attached hydrogens (tertiary/aromatic N) is 2. The number of benzene rings is 1. The fourth-order valence-corrected chi connectivity index (χ4v) is 4.72. The van der Waals surface area contributed by atoms with Crippen LogP contribution in [0.1, 0.15) is 33.9 Å². The quantitative estimate of drug-likeness (QED) is 0.888. The third-order valence-corrected chi connectivity index (χ3v) is 6.12. The normalized spacial score (nSPS) is 24.9. The van der Waals surface area contributed by atoms with Crippen molar-refractivity contribution in [2.75, 3.05) is 13.1 Å². The molecule has 134 valence electrons. The Kier molecular flexibility index (Phi) is 5.41. The van der Waals surface area contributed by atoms with Gasteiger partial charge < -0.3 is 10.6 Å². The highest BCUT2D eigenvalue weighted by Gasteiger charge is 2.42. The minimum absolute atomic E-state index is 0. The van der Waals surface area contributed by atoms with Gasteiger partial charge in [-0.2, -0.15) is 0 Å². The van der Waals surface area contributed by atoms with Crippen LogP contribution in [-0.2, 0) is 6.42 Å². The van der Waals surface area contributed by atoms with Crippen LogP contribution in [-0.4, -0.2) is 34.9 Å². The fourth-order valence-electron chi connectivity index (χ4n) is 3.93. The smallest absolute Gasteiger partial charge is 0.273 e. The molecule has 4 rings (SSSR count). The van der Waals surface area contributed by atoms with Crippen LogP contribution in [0.2, 0.25) is 0 Å². The molecule has 0 spiro atoms. The molecule has 2 aromatic rings. The second-order valence-electron chi connectivity index (χ2n) is 6.77. The van der Waals surface area contributed by atoms with Crippen molar-refractivity contribution in [3.63, 3.8) is 0 Å². The van der Waals surface area contributed by atoms with Gasteiger partial charge in [0.05, 0.1) is 5.01 Å². The lowest BCUT2D eigenvalue weighted by molar-refractivity contribution is 0.0774. The van der Waals surface area contributed by atoms with Gasteiger partial charge in [0.1, 0.15) is 11.5 Å². The first-order valence-electron chi connectivity index (χ1n) is 8.34. The summed E-state index contributed by atoms with van der Waals surface area (Å²) in [6.07, 6.45) is 2.60. The van der Waals surface area contributed by atoms with Crippen molar-refractivity contribution in [3.8, 4) is 0 Å². The zero-order valence-corrected chi connectivity index (χ0v) is 15.4. The molecule has 0 radical (unpaired) electrons. The van der Waals surface area contributed by atoms with Crippen LogP contribution >= 0.6 is 23.7 Å². The Morgan fingerprint density at radius 2 is 2.12 bits per heavy atom. The third kappa shape index (κ3) is 3.57. The van der Waals surface area contributed by atoms with Crippen molar-refractivity contribution in [3.05, 3.63) is 51.7 Å². The number of carbonyl (C=O) groups is 1. The number of halogens is 2. The first-order valence-corrected chi connectivity index (χ1v) is 9.22. The average molecular weight is 382 g/mol. The monoisotopic (exact) mass is 381 g/mol. The van der Waals surface area contributed by atoms with Crippen molar-refractivity contribution in [1.29, 1.82) is 0 Å². The maximum atomic E-state index is 13.7. The van der Waals surface area contributed by atoms with Gasteiger partial charge in [-0.1, -0.05) is 18.2 Å². The first kappa shape index (κ1) is 18.3. The van der Waals surface area contributed by atoms with Crippen molar-refractivity contribution < 1.29 is 9.18 Å². The predicted octanol–water partition coefficient (Wildman–Crippen LogP) is 3.10. The van der Waals surface area contributed by atoms with E-state index in [0.717, 1.165) is 30.9 Å². The Bertz CT molecular complexity index is 768. The maximum absolute atomic E-state index is 13.7. The van der Waals surface area contributed by atoms with E-state index < -0.39 is 0 Å². The molecule has 3 atom stereocenters. The zero-order valence-electron chi connectivity index (χ0n) is 13.7. The summed E-state index contributed by atoms with van der Waals surface area (Å²) in [5.41, 5.74) is 7.21. The van der Waals surface area contributed by atoms with E-state index in [2.05, 4.69) is 4.98 Å². The largest absolute Gasteiger partial charge is 0.337 e. The van der Waals surface area contributed by atoms with E-state index in [9.17, 15) is 9.18 Å². The molecule has 25 heavy (non-hydrogen) atoms. The van der Waals surface area contributed by atoms with E-state index in [1.807, 2.05) is 11.0 Å². The number of amides is 1. The number of fused-ring (bicyclic) bond motifs is 1. The molecule has 2 fully saturated rings. The van der Waals surface area contributed by atoms with E-state index in [-0.39, 0.29) is 30.2 Å². The summed E-state index contributed by atoms with van der Waals surface area (Å²) >= 11 is 1.41. The topological polar surface area (TPSA) is 59.2 Å². The van der Waals surface area contributed by atoms with Gasteiger partial charge in [0.15, 0.2) is 0 Å². The van der Waals surface area contributed by atoms with Gasteiger partial charge in [0.25, 0.3) is 5.91 Å². The Labute approximate surface area is 156 Å². The van der Waals surface area contributed by atoms with Crippen LogP contribution in [0.15, 0.2) is 29.6 Å². The predicted molar refractivity (Wildman–Crippen MR) is 98.7 cm³/mol. The minimum atomic E-state index is -0.234. The standard InChI is InChI=1S/C18H20FN3OS.ClH/c19-14-4-2-1-3-11(14)7-17-21-16(10-24-17)18(23)22-8-12-5-6-15(20)13(12)9-22;/h1-4,10,12-13,15H,5-9,20H2;1H. The highest BCUT2D eigenvalue weighted by Crippen LogP contribution is 2.37. The molecule has 4 nitrogen and oxygen atoms in total. The minimum Gasteiger partial charge on any atom is -0.337 e. The van der Waals surface area contributed by atoms with Crippen molar-refractivity contribution in [1.82, 2.24) is 9.88 Å². The first-order chi connectivity index (χ1) is 11.6. The summed E-state index contributed by atoms with van der Waals surface area (Å²) in [4.78, 5) is 19.0. The van der Waals surface area contributed by atoms with Gasteiger partial charge in [-0.25, -0.2) is 9.37 Å². The van der Waals surface area contributed by atoms with Gasteiger partial charge in [-0.15, -0.1) is 23.7 Å². The van der Waals surface area contributed by atoms with Gasteiger partial charge in [-0.05, 0) is 36.3 Å². The van der Waals surface area contributed by atoms with Gasteiger partial charge in [0, 0.05) is 30.9 Å². The van der Waals surface area contributed by atoms with E-state index in [1.54, 1.807) is 17.5 Å². The van der Waals surface area contributed by atoms with Crippen molar-refractivity contribution in [2.24, 2.45) is 17.6 Å². The molecule has 2 heterocycles. The lowest BCUT2D eigenvalue weighted by Gasteiger charge is -2.17. The molecule has 0 bridgehead atoms. The zero-order chi connectivity index (χ0) is 16.7. The van der Waals surface area contributed by atoms with Gasteiger partial charge >= 0.3 is 0 Å². The molecule has 7 heteroatoms. The summed E-state index contributed by atoms with van der Waals surface area (Å²) in [7, 11) is 0. The van der Waals surface area contributed by atoms with Crippen molar-refractivity contribution in [2.45, 2.75) is 25.3 Å². The molecule has 1 aromatic carbocycles. The van der Waals surface area contributed by atoms with Crippen LogP contribution in [0, 0.1) is 17.7 Å². The van der Waals surface area contributed by atoms with E-state index >= 15 is 0 Å². The summed E-state index contributed by atoms with van der Waals surface area (Å²) in [6.45, 7) is 1.53. The molecule has 1 aliphatic carbocycles. The Hall–Kier alpha value is -1.50. The molecule has 3 unspecified atom stereocenters. The third-order valence-electron chi connectivity index (χ3n) is 5.27. The molecule has 1 saturated carbocycles. The molecule has 1 amide bonds. The molecular weight excluding hydrogens is 361 g/mol. The van der Waals surface area contributed by atoms with Crippen molar-refractivity contribution >= 4 is 29.7 Å². The fraction of sp³-hybridized carbons (Fsp3) is 0.444. The van der Waals surface area contributed by atoms with Crippen LogP contribution in [0.3, 0.4) is 0 Å². The Morgan fingerprint density at radius 3 is 2.88 bits per heavy atom. The van der Waals surface area contributed by atoms with E-state index in [1.165, 1.54) is 17.4 Å². The Morgan fingerprint density at radius 1 is 1.32 bits per heavy atom. The van der Waals surface area contributed by atoms with E-state index in [0.29, 0.717) is 29.5 Å². The van der Waals surface area contributed by atoms with Crippen LogP contribution in [0.5, 0.6) is 0 Å². The van der Waals surface area contributed by atoms with Crippen LogP contribution in [0.4, 0.5) is 4.39 Å².